The van der Waals surface area contributed by atoms with Crippen LogP contribution in [0.4, 0.5) is 10.1 Å². The van der Waals surface area contributed by atoms with Gasteiger partial charge in [-0.3, -0.25) is 9.89 Å². The fourth-order valence-corrected chi connectivity index (χ4v) is 2.78. The van der Waals surface area contributed by atoms with E-state index in [0.29, 0.717) is 19.1 Å². The average Bonchev–Trinajstić information content (AvgIpc) is 2.56. The lowest BCUT2D eigenvalue weighted by molar-refractivity contribution is 0.179. The first-order valence-electron chi connectivity index (χ1n) is 8.36. The van der Waals surface area contributed by atoms with Crippen molar-refractivity contribution in [1.29, 1.82) is 0 Å². The second-order valence-corrected chi connectivity index (χ2v) is 6.07. The van der Waals surface area contributed by atoms with Gasteiger partial charge in [0.1, 0.15) is 5.82 Å². The number of nitrogens with two attached hydrogens (primary N) is 1. The average molecular weight is 465 g/mol. The van der Waals surface area contributed by atoms with Gasteiger partial charge in [0.2, 0.25) is 0 Å². The predicted molar refractivity (Wildman–Crippen MR) is 111 cm³/mol. The van der Waals surface area contributed by atoms with Crippen LogP contribution in [-0.2, 0) is 4.74 Å². The zero-order valence-electron chi connectivity index (χ0n) is 14.9. The highest BCUT2D eigenvalue weighted by Gasteiger charge is 2.16. The van der Waals surface area contributed by atoms with Crippen molar-refractivity contribution >= 4 is 35.6 Å². The van der Waals surface area contributed by atoms with Gasteiger partial charge in [0.05, 0.1) is 13.2 Å². The van der Waals surface area contributed by atoms with E-state index >= 15 is 0 Å². The van der Waals surface area contributed by atoms with Crippen molar-refractivity contribution < 1.29 is 9.13 Å². The summed E-state index contributed by atoms with van der Waals surface area (Å²) in [5.41, 5.74) is 6.94. The van der Waals surface area contributed by atoms with Gasteiger partial charge in [-0.15, -0.1) is 24.0 Å². The Kier molecular flexibility index (Phi) is 10.1. The second kappa shape index (κ2) is 11.5. The summed E-state index contributed by atoms with van der Waals surface area (Å²) in [5, 5.41) is 3.10. The molecule has 8 heteroatoms. The highest BCUT2D eigenvalue weighted by molar-refractivity contribution is 14.0. The predicted octanol–water partition coefficient (Wildman–Crippen LogP) is 1.50. The molecule has 1 aromatic carbocycles. The fraction of sp³-hybridized carbons (Fsp3) is 0.588. The van der Waals surface area contributed by atoms with Crippen LogP contribution in [0.1, 0.15) is 6.92 Å². The number of aliphatic imine (C=N–C) groups is 1. The summed E-state index contributed by atoms with van der Waals surface area (Å²) in [6.07, 6.45) is 0. The van der Waals surface area contributed by atoms with Crippen LogP contribution in [0.25, 0.3) is 0 Å². The van der Waals surface area contributed by atoms with E-state index in [4.69, 9.17) is 10.5 Å². The number of piperazine rings is 1. The molecule has 1 unspecified atom stereocenters. The molecule has 0 spiro atoms. The van der Waals surface area contributed by atoms with Gasteiger partial charge >= 0.3 is 0 Å². The Morgan fingerprint density at radius 1 is 1.28 bits per heavy atom. The van der Waals surface area contributed by atoms with E-state index in [2.05, 4.69) is 20.1 Å². The number of rotatable bonds is 7. The van der Waals surface area contributed by atoms with Gasteiger partial charge in [0.25, 0.3) is 0 Å². The van der Waals surface area contributed by atoms with Crippen LogP contribution in [0, 0.1) is 5.82 Å². The molecule has 1 aromatic rings. The lowest BCUT2D eigenvalue weighted by Crippen LogP contribution is -2.47. The van der Waals surface area contributed by atoms with Gasteiger partial charge in [0.15, 0.2) is 5.96 Å². The topological polar surface area (TPSA) is 66.1 Å². The van der Waals surface area contributed by atoms with E-state index in [9.17, 15) is 4.39 Å². The molecule has 1 fully saturated rings. The fourth-order valence-electron chi connectivity index (χ4n) is 2.78. The summed E-state index contributed by atoms with van der Waals surface area (Å²) in [6, 6.07) is 6.84. The Bertz CT molecular complexity index is 520. The standard InChI is InChI=1S/C17H28FN5O.HI/c1-14(13-24-2)21-17(19)20-7-8-22-9-11-23(12-10-22)16-5-3-15(18)4-6-16;/h3-6,14H,7-13H2,1-2H3,(H3,19,20,21);1H. The highest BCUT2D eigenvalue weighted by atomic mass is 127. The zero-order chi connectivity index (χ0) is 17.4. The third-order valence-electron chi connectivity index (χ3n) is 4.07. The molecule has 25 heavy (non-hydrogen) atoms. The normalized spacial score (nSPS) is 17.1. The Morgan fingerprint density at radius 3 is 2.52 bits per heavy atom. The first kappa shape index (κ1) is 21.9. The van der Waals surface area contributed by atoms with Gasteiger partial charge in [-0.2, -0.15) is 0 Å². The molecular formula is C17H29FIN5O. The number of hydrogen-bond donors (Lipinski definition) is 2. The monoisotopic (exact) mass is 465 g/mol. The Labute approximate surface area is 166 Å². The number of benzene rings is 1. The Morgan fingerprint density at radius 2 is 1.92 bits per heavy atom. The molecule has 6 nitrogen and oxygen atoms in total. The summed E-state index contributed by atoms with van der Waals surface area (Å²) in [5.74, 6) is 0.269. The minimum atomic E-state index is -0.193. The molecule has 1 heterocycles. The quantitative estimate of drug-likeness (QED) is 0.363. The van der Waals surface area contributed by atoms with Crippen molar-refractivity contribution in [3.63, 3.8) is 0 Å². The summed E-state index contributed by atoms with van der Waals surface area (Å²) < 4.78 is 18.0. The van der Waals surface area contributed by atoms with E-state index in [1.54, 1.807) is 7.11 Å². The van der Waals surface area contributed by atoms with Gasteiger partial charge in [-0.05, 0) is 31.2 Å². The SMILES string of the molecule is COCC(C)NC(N)=NCCN1CCN(c2ccc(F)cc2)CC1.I. The zero-order valence-corrected chi connectivity index (χ0v) is 17.3. The lowest BCUT2D eigenvalue weighted by Gasteiger charge is -2.35. The molecule has 1 atom stereocenters. The number of halogens is 2. The third-order valence-corrected chi connectivity index (χ3v) is 4.07. The van der Waals surface area contributed by atoms with Crippen molar-refractivity contribution in [2.45, 2.75) is 13.0 Å². The van der Waals surface area contributed by atoms with Gasteiger partial charge < -0.3 is 20.7 Å². The minimum Gasteiger partial charge on any atom is -0.383 e. The van der Waals surface area contributed by atoms with Crippen molar-refractivity contribution in [2.75, 3.05) is 57.9 Å². The van der Waals surface area contributed by atoms with Crippen molar-refractivity contribution in [3.8, 4) is 0 Å². The van der Waals surface area contributed by atoms with E-state index in [1.807, 2.05) is 19.1 Å². The molecule has 0 bridgehead atoms. The summed E-state index contributed by atoms with van der Waals surface area (Å²) in [6.45, 7) is 7.98. The first-order valence-corrected chi connectivity index (χ1v) is 8.36. The summed E-state index contributed by atoms with van der Waals surface area (Å²) >= 11 is 0. The highest BCUT2D eigenvalue weighted by Crippen LogP contribution is 2.16. The van der Waals surface area contributed by atoms with Crippen molar-refractivity contribution in [1.82, 2.24) is 10.2 Å². The van der Waals surface area contributed by atoms with Gasteiger partial charge in [-0.25, -0.2) is 4.39 Å². The smallest absolute Gasteiger partial charge is 0.188 e. The van der Waals surface area contributed by atoms with Gasteiger partial charge in [0, 0.05) is 51.6 Å². The molecular weight excluding hydrogens is 436 g/mol. The molecule has 1 aliphatic heterocycles. The maximum absolute atomic E-state index is 13.0. The molecule has 0 aliphatic carbocycles. The molecule has 3 N–H and O–H groups in total. The molecule has 0 amide bonds. The van der Waals surface area contributed by atoms with Crippen molar-refractivity contribution in [3.05, 3.63) is 30.1 Å². The summed E-state index contributed by atoms with van der Waals surface area (Å²) in [7, 11) is 1.66. The third kappa shape index (κ3) is 7.74. The Hall–Kier alpha value is -1.13. The van der Waals surface area contributed by atoms with Crippen LogP contribution in [0.15, 0.2) is 29.3 Å². The van der Waals surface area contributed by atoms with E-state index in [1.165, 1.54) is 12.1 Å². The van der Waals surface area contributed by atoms with Crippen LogP contribution >= 0.6 is 24.0 Å². The maximum Gasteiger partial charge on any atom is 0.188 e. The molecule has 0 saturated carbocycles. The molecule has 0 aromatic heterocycles. The molecule has 1 saturated heterocycles. The van der Waals surface area contributed by atoms with E-state index in [0.717, 1.165) is 38.4 Å². The second-order valence-electron chi connectivity index (χ2n) is 6.07. The van der Waals surface area contributed by atoms with E-state index < -0.39 is 0 Å². The first-order chi connectivity index (χ1) is 11.6. The molecule has 1 aliphatic rings. The van der Waals surface area contributed by atoms with Crippen LogP contribution in [-0.4, -0.2) is 69.9 Å². The Balaban J connectivity index is 0.00000312. The number of hydrogen-bond acceptors (Lipinski definition) is 4. The van der Waals surface area contributed by atoms with Gasteiger partial charge in [-0.1, -0.05) is 0 Å². The van der Waals surface area contributed by atoms with E-state index in [-0.39, 0.29) is 35.8 Å². The van der Waals surface area contributed by atoms with Crippen LogP contribution in [0.2, 0.25) is 0 Å². The number of ether oxygens (including phenoxy) is 1. The number of guanidine groups is 1. The molecule has 0 radical (unpaired) electrons. The lowest BCUT2D eigenvalue weighted by atomic mass is 10.2. The maximum atomic E-state index is 13.0. The number of nitrogens with one attached hydrogen (secondary N) is 1. The van der Waals surface area contributed by atoms with Crippen molar-refractivity contribution in [2.24, 2.45) is 10.7 Å². The van der Waals surface area contributed by atoms with Crippen LogP contribution in [0.3, 0.4) is 0 Å². The van der Waals surface area contributed by atoms with Crippen LogP contribution < -0.4 is 16.0 Å². The number of anilines is 1. The molecule has 2 rings (SSSR count). The minimum absolute atomic E-state index is 0. The number of methoxy groups -OCH3 is 1. The largest absolute Gasteiger partial charge is 0.383 e. The number of nitrogens with zero attached hydrogens (tertiary/aromatic N) is 3. The summed E-state index contributed by atoms with van der Waals surface area (Å²) in [4.78, 5) is 9.01. The molecule has 142 valence electrons. The van der Waals surface area contributed by atoms with Crippen LogP contribution in [0.5, 0.6) is 0 Å².